The summed E-state index contributed by atoms with van der Waals surface area (Å²) < 4.78 is 6.98. The summed E-state index contributed by atoms with van der Waals surface area (Å²) in [5.74, 6) is 0.518. The summed E-state index contributed by atoms with van der Waals surface area (Å²) in [5, 5.41) is 4.16. The molecule has 18 heavy (non-hydrogen) atoms. The van der Waals surface area contributed by atoms with Gasteiger partial charge in [0.05, 0.1) is 5.69 Å². The quantitative estimate of drug-likeness (QED) is 0.833. The molecule has 0 spiro atoms. The fraction of sp³-hybridized carbons (Fsp3) is 0.286. The Hall–Kier alpha value is -2.10. The number of aryl methyl sites for hydroxylation is 2. The second-order valence-corrected chi connectivity index (χ2v) is 4.25. The minimum Gasteiger partial charge on any atom is -0.481 e. The number of hydrogen-bond donors (Lipinski definition) is 0. The van der Waals surface area contributed by atoms with Crippen molar-refractivity contribution in [1.29, 1.82) is 0 Å². The Balaban J connectivity index is 2.12. The van der Waals surface area contributed by atoms with E-state index in [1.807, 2.05) is 50.2 Å². The van der Waals surface area contributed by atoms with Crippen LogP contribution in [0.25, 0.3) is 0 Å². The summed E-state index contributed by atoms with van der Waals surface area (Å²) in [6.07, 6.45) is -0.564. The van der Waals surface area contributed by atoms with Gasteiger partial charge in [-0.3, -0.25) is 4.79 Å². The molecule has 0 radical (unpaired) electrons. The van der Waals surface area contributed by atoms with E-state index >= 15 is 0 Å². The van der Waals surface area contributed by atoms with E-state index in [1.54, 1.807) is 6.92 Å². The van der Waals surface area contributed by atoms with Crippen LogP contribution in [0.4, 0.5) is 0 Å². The first-order valence-corrected chi connectivity index (χ1v) is 5.87. The summed E-state index contributed by atoms with van der Waals surface area (Å²) in [5.41, 5.74) is 1.65. The number of benzene rings is 1. The molecule has 1 atom stereocenters. The van der Waals surface area contributed by atoms with Crippen LogP contribution < -0.4 is 4.74 Å². The second-order valence-electron chi connectivity index (χ2n) is 4.25. The van der Waals surface area contributed by atoms with Crippen LogP contribution in [0.5, 0.6) is 5.75 Å². The van der Waals surface area contributed by atoms with Gasteiger partial charge in [0, 0.05) is 5.69 Å². The third-order valence-electron chi connectivity index (χ3n) is 2.62. The Morgan fingerprint density at radius 3 is 2.50 bits per heavy atom. The molecule has 2 aromatic rings. The van der Waals surface area contributed by atoms with Crippen LogP contribution >= 0.6 is 0 Å². The highest BCUT2D eigenvalue weighted by Gasteiger charge is 2.19. The zero-order chi connectivity index (χ0) is 13.1. The van der Waals surface area contributed by atoms with Gasteiger partial charge in [0.1, 0.15) is 5.75 Å². The molecule has 2 rings (SSSR count). The van der Waals surface area contributed by atoms with Crippen LogP contribution in [0.3, 0.4) is 0 Å². The smallest absolute Gasteiger partial charge is 0.287 e. The van der Waals surface area contributed by atoms with Crippen LogP contribution in [-0.2, 0) is 0 Å². The maximum Gasteiger partial charge on any atom is 0.287 e. The highest BCUT2D eigenvalue weighted by Crippen LogP contribution is 2.12. The molecule has 0 bridgehead atoms. The van der Waals surface area contributed by atoms with E-state index in [-0.39, 0.29) is 5.91 Å². The Bertz CT molecular complexity index is 546. The number of nitrogens with zero attached hydrogens (tertiary/aromatic N) is 2. The number of hydrogen-bond acceptors (Lipinski definition) is 3. The average molecular weight is 244 g/mol. The van der Waals surface area contributed by atoms with Crippen molar-refractivity contribution in [3.8, 4) is 5.75 Å². The van der Waals surface area contributed by atoms with Gasteiger partial charge < -0.3 is 4.74 Å². The van der Waals surface area contributed by atoms with Crippen LogP contribution in [0, 0.1) is 13.8 Å². The van der Waals surface area contributed by atoms with Crippen LogP contribution in [0.1, 0.15) is 23.1 Å². The summed E-state index contributed by atoms with van der Waals surface area (Å²) in [6, 6.07) is 11.2. The van der Waals surface area contributed by atoms with Gasteiger partial charge in [-0.05, 0) is 39.0 Å². The first-order chi connectivity index (χ1) is 8.58. The second kappa shape index (κ2) is 5.04. The third-order valence-corrected chi connectivity index (χ3v) is 2.62. The maximum absolute atomic E-state index is 12.2. The Morgan fingerprint density at radius 2 is 1.94 bits per heavy atom. The first-order valence-electron chi connectivity index (χ1n) is 5.87. The zero-order valence-corrected chi connectivity index (χ0v) is 10.8. The molecular weight excluding hydrogens is 228 g/mol. The lowest BCUT2D eigenvalue weighted by Gasteiger charge is -2.14. The molecule has 4 heteroatoms. The fourth-order valence-electron chi connectivity index (χ4n) is 1.78. The number of carbonyl (C=O) groups is 1. The van der Waals surface area contributed by atoms with Gasteiger partial charge in [0.15, 0.2) is 6.10 Å². The Labute approximate surface area is 106 Å². The SMILES string of the molecule is Cc1cc(C)n(C(=O)[C@H](C)Oc2ccccc2)n1. The first kappa shape index (κ1) is 12.4. The minimum absolute atomic E-state index is 0.163. The Kier molecular flexibility index (Phi) is 3.46. The summed E-state index contributed by atoms with van der Waals surface area (Å²) >= 11 is 0. The topological polar surface area (TPSA) is 44.1 Å². The molecule has 0 aliphatic carbocycles. The van der Waals surface area contributed by atoms with E-state index < -0.39 is 6.10 Å². The van der Waals surface area contributed by atoms with E-state index in [1.165, 1.54) is 4.68 Å². The number of aromatic nitrogens is 2. The standard InChI is InChI=1S/C14H16N2O2/c1-10-9-11(2)16(15-10)14(17)12(3)18-13-7-5-4-6-8-13/h4-9,12H,1-3H3/t12-/m0/s1. The summed E-state index contributed by atoms with van der Waals surface area (Å²) in [4.78, 5) is 12.2. The van der Waals surface area contributed by atoms with Gasteiger partial charge in [0.2, 0.25) is 0 Å². The van der Waals surface area contributed by atoms with Gasteiger partial charge in [-0.2, -0.15) is 5.10 Å². The molecule has 1 heterocycles. The molecule has 1 aromatic carbocycles. The normalized spacial score (nSPS) is 12.2. The number of rotatable bonds is 3. The monoisotopic (exact) mass is 244 g/mol. The molecular formula is C14H16N2O2. The number of para-hydroxylation sites is 1. The summed E-state index contributed by atoms with van der Waals surface area (Å²) in [6.45, 7) is 5.44. The predicted molar refractivity (Wildman–Crippen MR) is 68.9 cm³/mol. The molecule has 0 amide bonds. The van der Waals surface area contributed by atoms with E-state index in [0.29, 0.717) is 5.75 Å². The van der Waals surface area contributed by atoms with Gasteiger partial charge in [-0.15, -0.1) is 0 Å². The lowest BCUT2D eigenvalue weighted by Crippen LogP contribution is -2.30. The van der Waals surface area contributed by atoms with E-state index in [9.17, 15) is 4.79 Å². The Morgan fingerprint density at radius 1 is 1.28 bits per heavy atom. The molecule has 94 valence electrons. The highest BCUT2D eigenvalue weighted by atomic mass is 16.5. The van der Waals surface area contributed by atoms with Crippen molar-refractivity contribution in [3.63, 3.8) is 0 Å². The molecule has 1 aromatic heterocycles. The molecule has 0 fully saturated rings. The van der Waals surface area contributed by atoms with Gasteiger partial charge >= 0.3 is 0 Å². The van der Waals surface area contributed by atoms with Gasteiger partial charge in [0.25, 0.3) is 5.91 Å². The van der Waals surface area contributed by atoms with Gasteiger partial charge in [-0.25, -0.2) is 4.68 Å². The van der Waals surface area contributed by atoms with Crippen molar-refractivity contribution in [2.75, 3.05) is 0 Å². The minimum atomic E-state index is -0.564. The number of ether oxygens (including phenoxy) is 1. The van der Waals surface area contributed by atoms with Crippen molar-refractivity contribution in [2.45, 2.75) is 26.9 Å². The lowest BCUT2D eigenvalue weighted by molar-refractivity contribution is 0.0707. The maximum atomic E-state index is 12.2. The molecule has 4 nitrogen and oxygen atoms in total. The zero-order valence-electron chi connectivity index (χ0n) is 10.8. The van der Waals surface area contributed by atoms with Gasteiger partial charge in [-0.1, -0.05) is 18.2 Å². The molecule has 0 unspecified atom stereocenters. The average Bonchev–Trinajstić information content (AvgIpc) is 2.68. The molecule has 0 aliphatic heterocycles. The molecule has 0 saturated heterocycles. The van der Waals surface area contributed by atoms with Crippen molar-refractivity contribution in [3.05, 3.63) is 47.8 Å². The highest BCUT2D eigenvalue weighted by molar-refractivity contribution is 5.83. The van der Waals surface area contributed by atoms with Crippen molar-refractivity contribution in [1.82, 2.24) is 9.78 Å². The van der Waals surface area contributed by atoms with E-state index in [4.69, 9.17) is 4.74 Å². The van der Waals surface area contributed by atoms with Crippen molar-refractivity contribution in [2.24, 2.45) is 0 Å². The summed E-state index contributed by atoms with van der Waals surface area (Å²) in [7, 11) is 0. The van der Waals surface area contributed by atoms with E-state index in [2.05, 4.69) is 5.10 Å². The van der Waals surface area contributed by atoms with E-state index in [0.717, 1.165) is 11.4 Å². The van der Waals surface area contributed by atoms with Crippen LogP contribution in [0.2, 0.25) is 0 Å². The molecule has 0 saturated carbocycles. The molecule has 0 aliphatic rings. The van der Waals surface area contributed by atoms with Crippen LogP contribution in [-0.4, -0.2) is 21.8 Å². The largest absolute Gasteiger partial charge is 0.481 e. The predicted octanol–water partition coefficient (Wildman–Crippen LogP) is 2.61. The van der Waals surface area contributed by atoms with Crippen molar-refractivity contribution < 1.29 is 9.53 Å². The number of carbonyl (C=O) groups excluding carboxylic acids is 1. The third kappa shape index (κ3) is 2.59. The van der Waals surface area contributed by atoms with Crippen LogP contribution in [0.15, 0.2) is 36.4 Å². The fourth-order valence-corrected chi connectivity index (χ4v) is 1.78. The molecule has 0 N–H and O–H groups in total. The lowest BCUT2D eigenvalue weighted by atomic mass is 10.3. The van der Waals surface area contributed by atoms with Crippen molar-refractivity contribution >= 4 is 5.91 Å².